The molecule has 0 atom stereocenters. The maximum absolute atomic E-state index is 6.46. The Balaban J connectivity index is 1.56. The Hall–Kier alpha value is -4.80. The molecule has 0 fully saturated rings. The van der Waals surface area contributed by atoms with E-state index >= 15 is 0 Å². The standard InChI is InChI=1S/C38H36N2O2/c1-24-20-26(3)37(27(4)21-24)40-33-17-11-10-16-32(33)39-34-22-29-13-7-9-15-31(29)36(38(34)42-23-41-5)35-25(2)18-19-28-12-6-8-14-30(28)35/h6-22,39-40H,23H2,1-5H3. The van der Waals surface area contributed by atoms with Gasteiger partial charge >= 0.3 is 0 Å². The number of anilines is 4. The molecule has 0 aliphatic rings. The second-order valence-corrected chi connectivity index (χ2v) is 10.9. The molecule has 0 spiro atoms. The van der Waals surface area contributed by atoms with E-state index in [-0.39, 0.29) is 6.79 Å². The summed E-state index contributed by atoms with van der Waals surface area (Å²) in [7, 11) is 1.66. The SMILES string of the molecule is COCOc1c(Nc2ccccc2Nc2c(C)cc(C)cc2C)cc2ccccc2c1-c1c(C)ccc2ccccc12. The summed E-state index contributed by atoms with van der Waals surface area (Å²) >= 11 is 0. The third kappa shape index (κ3) is 5.17. The van der Waals surface area contributed by atoms with Crippen LogP contribution in [-0.4, -0.2) is 13.9 Å². The number of hydrogen-bond donors (Lipinski definition) is 2. The van der Waals surface area contributed by atoms with Crippen LogP contribution in [0.5, 0.6) is 5.75 Å². The lowest BCUT2D eigenvalue weighted by molar-refractivity contribution is 0.0521. The molecule has 0 aromatic heterocycles. The Morgan fingerprint density at radius 1 is 0.548 bits per heavy atom. The molecule has 210 valence electrons. The highest BCUT2D eigenvalue weighted by molar-refractivity contribution is 6.11. The Morgan fingerprint density at radius 2 is 1.14 bits per heavy atom. The molecule has 0 bridgehead atoms. The van der Waals surface area contributed by atoms with Gasteiger partial charge in [-0.1, -0.05) is 90.5 Å². The lowest BCUT2D eigenvalue weighted by atomic mass is 9.89. The van der Waals surface area contributed by atoms with Gasteiger partial charge in [-0.25, -0.2) is 0 Å². The molecule has 4 heteroatoms. The van der Waals surface area contributed by atoms with Gasteiger partial charge in [-0.2, -0.15) is 0 Å². The van der Waals surface area contributed by atoms with Crippen LogP contribution in [-0.2, 0) is 4.74 Å². The average molecular weight is 553 g/mol. The van der Waals surface area contributed by atoms with Crippen molar-refractivity contribution in [1.82, 2.24) is 0 Å². The number of hydrogen-bond acceptors (Lipinski definition) is 4. The summed E-state index contributed by atoms with van der Waals surface area (Å²) in [6.45, 7) is 8.73. The van der Waals surface area contributed by atoms with Crippen molar-refractivity contribution in [2.24, 2.45) is 0 Å². The number of methoxy groups -OCH3 is 1. The highest BCUT2D eigenvalue weighted by atomic mass is 16.7. The van der Waals surface area contributed by atoms with E-state index in [2.05, 4.69) is 141 Å². The molecule has 42 heavy (non-hydrogen) atoms. The summed E-state index contributed by atoms with van der Waals surface area (Å²) in [5.74, 6) is 0.757. The summed E-state index contributed by atoms with van der Waals surface area (Å²) in [5, 5.41) is 12.1. The van der Waals surface area contributed by atoms with Crippen molar-refractivity contribution in [1.29, 1.82) is 0 Å². The van der Waals surface area contributed by atoms with Crippen LogP contribution >= 0.6 is 0 Å². The third-order valence-corrected chi connectivity index (χ3v) is 7.84. The molecule has 0 saturated carbocycles. The van der Waals surface area contributed by atoms with Gasteiger partial charge < -0.3 is 20.1 Å². The summed E-state index contributed by atoms with van der Waals surface area (Å²) in [6.07, 6.45) is 0. The smallest absolute Gasteiger partial charge is 0.188 e. The molecule has 0 heterocycles. The predicted molar refractivity (Wildman–Crippen MR) is 178 cm³/mol. The quantitative estimate of drug-likeness (QED) is 0.184. The van der Waals surface area contributed by atoms with Crippen molar-refractivity contribution >= 4 is 44.3 Å². The second kappa shape index (κ2) is 11.6. The van der Waals surface area contributed by atoms with E-state index in [0.717, 1.165) is 50.4 Å². The fourth-order valence-electron chi connectivity index (χ4n) is 6.01. The number of para-hydroxylation sites is 2. The van der Waals surface area contributed by atoms with E-state index in [4.69, 9.17) is 9.47 Å². The van der Waals surface area contributed by atoms with E-state index in [1.54, 1.807) is 7.11 Å². The number of benzene rings is 6. The van der Waals surface area contributed by atoms with Crippen LogP contribution in [0.4, 0.5) is 22.7 Å². The van der Waals surface area contributed by atoms with Crippen LogP contribution in [0, 0.1) is 27.7 Å². The monoisotopic (exact) mass is 552 g/mol. The Kier molecular flexibility index (Phi) is 7.56. The summed E-state index contributed by atoms with van der Waals surface area (Å²) in [4.78, 5) is 0. The lowest BCUT2D eigenvalue weighted by Crippen LogP contribution is -2.06. The first kappa shape index (κ1) is 27.4. The van der Waals surface area contributed by atoms with Crippen LogP contribution in [0.15, 0.2) is 103 Å². The first-order valence-electron chi connectivity index (χ1n) is 14.3. The molecule has 0 aliphatic carbocycles. The van der Waals surface area contributed by atoms with Crippen molar-refractivity contribution in [3.63, 3.8) is 0 Å². The van der Waals surface area contributed by atoms with Gasteiger partial charge in [0.05, 0.1) is 17.1 Å². The number of rotatable bonds is 8. The van der Waals surface area contributed by atoms with Crippen molar-refractivity contribution in [3.05, 3.63) is 125 Å². The van der Waals surface area contributed by atoms with E-state index in [1.807, 2.05) is 0 Å². The maximum atomic E-state index is 6.46. The molecule has 0 unspecified atom stereocenters. The number of fused-ring (bicyclic) bond motifs is 2. The van der Waals surface area contributed by atoms with Gasteiger partial charge in [0.2, 0.25) is 0 Å². The predicted octanol–water partition coefficient (Wildman–Crippen LogP) is 10.4. The molecule has 0 saturated heterocycles. The fraction of sp³-hybridized carbons (Fsp3) is 0.158. The highest BCUT2D eigenvalue weighted by Crippen LogP contribution is 2.47. The summed E-state index contributed by atoms with van der Waals surface area (Å²) < 4.78 is 11.9. The van der Waals surface area contributed by atoms with E-state index in [1.165, 1.54) is 33.0 Å². The van der Waals surface area contributed by atoms with Crippen LogP contribution in [0.3, 0.4) is 0 Å². The zero-order valence-corrected chi connectivity index (χ0v) is 24.8. The number of aryl methyl sites for hydroxylation is 4. The maximum Gasteiger partial charge on any atom is 0.188 e. The molecule has 2 N–H and O–H groups in total. The van der Waals surface area contributed by atoms with Crippen molar-refractivity contribution in [2.45, 2.75) is 27.7 Å². The summed E-state index contributed by atoms with van der Waals surface area (Å²) in [5.41, 5.74) is 11.0. The van der Waals surface area contributed by atoms with Gasteiger partial charge in [0.1, 0.15) is 0 Å². The Bertz CT molecular complexity index is 1900. The van der Waals surface area contributed by atoms with Gasteiger partial charge in [0.25, 0.3) is 0 Å². The molecular weight excluding hydrogens is 516 g/mol. The zero-order chi connectivity index (χ0) is 29.2. The molecular formula is C38H36N2O2. The zero-order valence-electron chi connectivity index (χ0n) is 24.8. The molecule has 6 rings (SSSR count). The minimum absolute atomic E-state index is 0.130. The van der Waals surface area contributed by atoms with E-state index in [0.29, 0.717) is 0 Å². The molecule has 6 aromatic carbocycles. The summed E-state index contributed by atoms with van der Waals surface area (Å²) in [6, 6.07) is 36.3. The lowest BCUT2D eigenvalue weighted by Gasteiger charge is -2.23. The van der Waals surface area contributed by atoms with Crippen molar-refractivity contribution in [2.75, 3.05) is 24.5 Å². The minimum Gasteiger partial charge on any atom is -0.465 e. The largest absolute Gasteiger partial charge is 0.465 e. The molecule has 6 aromatic rings. The van der Waals surface area contributed by atoms with Crippen molar-refractivity contribution < 1.29 is 9.47 Å². The van der Waals surface area contributed by atoms with Crippen LogP contribution in [0.2, 0.25) is 0 Å². The molecule has 0 amide bonds. The highest BCUT2D eigenvalue weighted by Gasteiger charge is 2.21. The van der Waals surface area contributed by atoms with Gasteiger partial charge in [-0.15, -0.1) is 0 Å². The van der Waals surface area contributed by atoms with Gasteiger partial charge in [-0.05, 0) is 89.7 Å². The van der Waals surface area contributed by atoms with E-state index in [9.17, 15) is 0 Å². The van der Waals surface area contributed by atoms with Gasteiger partial charge in [0.15, 0.2) is 12.5 Å². The van der Waals surface area contributed by atoms with Crippen molar-refractivity contribution in [3.8, 4) is 16.9 Å². The molecule has 0 aliphatic heterocycles. The van der Waals surface area contributed by atoms with Gasteiger partial charge in [0, 0.05) is 18.4 Å². The molecule has 4 nitrogen and oxygen atoms in total. The fourth-order valence-corrected chi connectivity index (χ4v) is 6.01. The van der Waals surface area contributed by atoms with Crippen LogP contribution < -0.4 is 15.4 Å². The van der Waals surface area contributed by atoms with Gasteiger partial charge in [-0.3, -0.25) is 0 Å². The average Bonchev–Trinajstić information content (AvgIpc) is 2.98. The van der Waals surface area contributed by atoms with Crippen LogP contribution in [0.25, 0.3) is 32.7 Å². The number of nitrogens with one attached hydrogen (secondary N) is 2. The first-order chi connectivity index (χ1) is 20.4. The van der Waals surface area contributed by atoms with E-state index < -0.39 is 0 Å². The second-order valence-electron chi connectivity index (χ2n) is 10.9. The minimum atomic E-state index is 0.130. The molecule has 0 radical (unpaired) electrons. The third-order valence-electron chi connectivity index (χ3n) is 7.84. The number of ether oxygens (including phenoxy) is 2. The van der Waals surface area contributed by atoms with Crippen LogP contribution in [0.1, 0.15) is 22.3 Å². The Labute approximate surface area is 247 Å². The first-order valence-corrected chi connectivity index (χ1v) is 14.3. The normalized spacial score (nSPS) is 11.2. The Morgan fingerprint density at radius 3 is 1.83 bits per heavy atom. The topological polar surface area (TPSA) is 42.5 Å².